The molecule has 1 aliphatic rings. The lowest BCUT2D eigenvalue weighted by Gasteiger charge is -2.34. The molecule has 0 bridgehead atoms. The highest BCUT2D eigenvalue weighted by Crippen LogP contribution is 2.20. The van der Waals surface area contributed by atoms with Crippen LogP contribution in [-0.2, 0) is 16.0 Å². The molecule has 1 amide bonds. The van der Waals surface area contributed by atoms with Gasteiger partial charge in [-0.15, -0.1) is 0 Å². The second-order valence-corrected chi connectivity index (χ2v) is 4.60. The third kappa shape index (κ3) is 3.16. The Hall–Kier alpha value is -1.89. The number of nitrogens with one attached hydrogen (secondary N) is 1. The van der Waals surface area contributed by atoms with E-state index >= 15 is 0 Å². The van der Waals surface area contributed by atoms with Crippen molar-refractivity contribution in [1.82, 2.24) is 9.97 Å². The minimum absolute atomic E-state index is 0.303. The van der Waals surface area contributed by atoms with Gasteiger partial charge in [-0.3, -0.25) is 4.79 Å². The number of hydrogen-bond acceptors (Lipinski definition) is 6. The molecule has 1 saturated heterocycles. The van der Waals surface area contributed by atoms with Gasteiger partial charge in [0.15, 0.2) is 0 Å². The van der Waals surface area contributed by atoms with Crippen molar-refractivity contribution in [2.45, 2.75) is 26.3 Å². The smallest absolute Gasteiger partial charge is 0.242 e. The number of carbonyl (C=O) groups excluding carboxylic acids is 1. The second-order valence-electron chi connectivity index (χ2n) is 4.60. The molecule has 7 nitrogen and oxygen atoms in total. The summed E-state index contributed by atoms with van der Waals surface area (Å²) < 4.78 is 5.33. The van der Waals surface area contributed by atoms with Crippen molar-refractivity contribution in [2.75, 3.05) is 36.5 Å². The number of aromatic nitrogens is 2. The molecule has 2 heterocycles. The molecule has 7 heteroatoms. The number of carbonyl (C=O) groups is 1. The molecule has 0 radical (unpaired) electrons. The second kappa shape index (κ2) is 6.51. The minimum Gasteiger partial charge on any atom is -0.377 e. The summed E-state index contributed by atoms with van der Waals surface area (Å²) in [7, 11) is 0. The molecule has 1 atom stereocenters. The summed E-state index contributed by atoms with van der Waals surface area (Å²) in [6.45, 7) is 6.25. The number of anilines is 2. The zero-order valence-electron chi connectivity index (χ0n) is 11.9. The number of nitrogens with zero attached hydrogens (tertiary/aromatic N) is 3. The van der Waals surface area contributed by atoms with Crippen LogP contribution >= 0.6 is 0 Å². The zero-order valence-corrected chi connectivity index (χ0v) is 11.9. The van der Waals surface area contributed by atoms with Gasteiger partial charge in [-0.2, -0.15) is 0 Å². The quantitative estimate of drug-likeness (QED) is 0.797. The molecule has 0 aromatic carbocycles. The number of nitrogens with two attached hydrogens (primary N) is 1. The van der Waals surface area contributed by atoms with Crippen molar-refractivity contribution in [3.8, 4) is 0 Å². The summed E-state index contributed by atoms with van der Waals surface area (Å²) in [5.41, 5.74) is 5.44. The van der Waals surface area contributed by atoms with Crippen LogP contribution in [0.15, 0.2) is 6.07 Å². The topological polar surface area (TPSA) is 93.4 Å². The zero-order chi connectivity index (χ0) is 14.5. The van der Waals surface area contributed by atoms with Gasteiger partial charge in [-0.1, -0.05) is 6.92 Å². The van der Waals surface area contributed by atoms with Crippen LogP contribution in [-0.4, -0.2) is 48.2 Å². The van der Waals surface area contributed by atoms with Crippen LogP contribution in [0.1, 0.15) is 19.7 Å². The summed E-state index contributed by atoms with van der Waals surface area (Å²) in [4.78, 5) is 22.4. The Labute approximate surface area is 118 Å². The van der Waals surface area contributed by atoms with Crippen molar-refractivity contribution in [3.05, 3.63) is 11.9 Å². The summed E-state index contributed by atoms with van der Waals surface area (Å²) in [5.74, 6) is 1.84. The maximum atomic E-state index is 11.5. The van der Waals surface area contributed by atoms with Gasteiger partial charge in [-0.05, 0) is 6.92 Å². The van der Waals surface area contributed by atoms with Gasteiger partial charge in [0.05, 0.1) is 13.2 Å². The van der Waals surface area contributed by atoms with E-state index in [-0.39, 0.29) is 0 Å². The summed E-state index contributed by atoms with van der Waals surface area (Å²) >= 11 is 0. The van der Waals surface area contributed by atoms with Gasteiger partial charge in [0, 0.05) is 25.6 Å². The highest BCUT2D eigenvalue weighted by molar-refractivity contribution is 5.83. The Morgan fingerprint density at radius 1 is 1.55 bits per heavy atom. The molecule has 1 aliphatic heterocycles. The monoisotopic (exact) mass is 279 g/mol. The minimum atomic E-state index is -0.474. The Morgan fingerprint density at radius 2 is 2.35 bits per heavy atom. The van der Waals surface area contributed by atoms with Gasteiger partial charge in [0.1, 0.15) is 23.5 Å². The van der Waals surface area contributed by atoms with Crippen molar-refractivity contribution in [1.29, 1.82) is 0 Å². The third-order valence-electron chi connectivity index (χ3n) is 3.18. The van der Waals surface area contributed by atoms with Gasteiger partial charge in [-0.25, -0.2) is 9.97 Å². The molecule has 0 saturated carbocycles. The molecule has 0 spiro atoms. The molecule has 2 rings (SSSR count). The first-order chi connectivity index (χ1) is 9.65. The standard InChI is InChI=1S/C13H21N5O2/c1-3-10-16-11(15-4-2)7-12(17-10)18-5-6-20-8-9(18)13(14)19/h7,9H,3-6,8H2,1-2H3,(H2,14,19)(H,15,16,17). The van der Waals surface area contributed by atoms with E-state index < -0.39 is 11.9 Å². The maximum absolute atomic E-state index is 11.5. The van der Waals surface area contributed by atoms with Crippen molar-refractivity contribution >= 4 is 17.5 Å². The lowest BCUT2D eigenvalue weighted by molar-refractivity contribution is -0.121. The number of rotatable bonds is 5. The van der Waals surface area contributed by atoms with Crippen LogP contribution in [0.4, 0.5) is 11.6 Å². The number of amides is 1. The van der Waals surface area contributed by atoms with E-state index in [2.05, 4.69) is 15.3 Å². The molecule has 0 aliphatic carbocycles. The number of ether oxygens (including phenoxy) is 1. The molecular formula is C13H21N5O2. The fourth-order valence-electron chi connectivity index (χ4n) is 2.17. The van der Waals surface area contributed by atoms with E-state index in [1.165, 1.54) is 0 Å². The van der Waals surface area contributed by atoms with Crippen LogP contribution in [0.2, 0.25) is 0 Å². The Bertz CT molecular complexity index is 480. The van der Waals surface area contributed by atoms with Gasteiger partial charge in [0.2, 0.25) is 5.91 Å². The molecule has 1 aromatic heterocycles. The first-order valence-corrected chi connectivity index (χ1v) is 6.91. The van der Waals surface area contributed by atoms with E-state index in [4.69, 9.17) is 10.5 Å². The lowest BCUT2D eigenvalue weighted by Crippen LogP contribution is -2.53. The maximum Gasteiger partial charge on any atom is 0.242 e. The normalized spacial score (nSPS) is 18.9. The van der Waals surface area contributed by atoms with Crippen molar-refractivity contribution in [2.24, 2.45) is 5.73 Å². The highest BCUT2D eigenvalue weighted by Gasteiger charge is 2.29. The lowest BCUT2D eigenvalue weighted by atomic mass is 10.2. The third-order valence-corrected chi connectivity index (χ3v) is 3.18. The first kappa shape index (κ1) is 14.5. The van der Waals surface area contributed by atoms with Crippen molar-refractivity contribution in [3.63, 3.8) is 0 Å². The van der Waals surface area contributed by atoms with E-state index in [0.717, 1.165) is 30.4 Å². The van der Waals surface area contributed by atoms with Crippen LogP contribution in [0.5, 0.6) is 0 Å². The molecule has 1 unspecified atom stereocenters. The molecule has 1 aromatic rings. The average Bonchev–Trinajstić information content (AvgIpc) is 2.47. The Kier molecular flexibility index (Phi) is 4.73. The van der Waals surface area contributed by atoms with Crippen LogP contribution in [0, 0.1) is 0 Å². The van der Waals surface area contributed by atoms with E-state index in [0.29, 0.717) is 19.8 Å². The van der Waals surface area contributed by atoms with Crippen LogP contribution in [0.3, 0.4) is 0 Å². The number of hydrogen-bond donors (Lipinski definition) is 2. The highest BCUT2D eigenvalue weighted by atomic mass is 16.5. The largest absolute Gasteiger partial charge is 0.377 e. The van der Waals surface area contributed by atoms with E-state index in [1.54, 1.807) is 0 Å². The Balaban J connectivity index is 2.33. The molecule has 1 fully saturated rings. The van der Waals surface area contributed by atoms with Gasteiger partial charge in [0.25, 0.3) is 0 Å². The van der Waals surface area contributed by atoms with E-state index in [9.17, 15) is 4.79 Å². The van der Waals surface area contributed by atoms with Crippen molar-refractivity contribution < 1.29 is 9.53 Å². The van der Waals surface area contributed by atoms with Gasteiger partial charge >= 0.3 is 0 Å². The SMILES string of the molecule is CCNc1cc(N2CCOCC2C(N)=O)nc(CC)n1. The molecular weight excluding hydrogens is 258 g/mol. The molecule has 3 N–H and O–H groups in total. The first-order valence-electron chi connectivity index (χ1n) is 6.91. The average molecular weight is 279 g/mol. The number of aryl methyl sites for hydroxylation is 1. The fraction of sp³-hybridized carbons (Fsp3) is 0.615. The Morgan fingerprint density at radius 3 is 3.00 bits per heavy atom. The number of primary amides is 1. The number of morpholine rings is 1. The van der Waals surface area contributed by atoms with E-state index in [1.807, 2.05) is 24.8 Å². The van der Waals surface area contributed by atoms with Gasteiger partial charge < -0.3 is 20.7 Å². The summed E-state index contributed by atoms with van der Waals surface area (Å²) in [5, 5.41) is 3.18. The van der Waals surface area contributed by atoms with Crippen LogP contribution < -0.4 is 16.0 Å². The van der Waals surface area contributed by atoms with Crippen LogP contribution in [0.25, 0.3) is 0 Å². The predicted molar refractivity (Wildman–Crippen MR) is 76.7 cm³/mol. The molecule has 110 valence electrons. The predicted octanol–water partition coefficient (Wildman–Crippen LogP) is 0.161. The summed E-state index contributed by atoms with van der Waals surface area (Å²) in [6, 6.07) is 1.38. The fourth-order valence-corrected chi connectivity index (χ4v) is 2.17. The molecule has 20 heavy (non-hydrogen) atoms. The summed E-state index contributed by atoms with van der Waals surface area (Å²) in [6.07, 6.45) is 0.734.